The van der Waals surface area contributed by atoms with E-state index in [1.165, 1.54) is 0 Å². The van der Waals surface area contributed by atoms with Crippen LogP contribution < -0.4 is 10.9 Å². The van der Waals surface area contributed by atoms with Gasteiger partial charge in [-0.05, 0) is 38.3 Å². The van der Waals surface area contributed by atoms with Gasteiger partial charge in [0.1, 0.15) is 11.2 Å². The summed E-state index contributed by atoms with van der Waals surface area (Å²) in [4.78, 5) is 29.5. The van der Waals surface area contributed by atoms with E-state index in [0.29, 0.717) is 35.9 Å². The zero-order chi connectivity index (χ0) is 20.3. The summed E-state index contributed by atoms with van der Waals surface area (Å²) < 4.78 is 3.22. The van der Waals surface area contributed by atoms with Crippen LogP contribution in [0.4, 0.5) is 0 Å². The standard InChI is InChI=1S/C21H27N5O2/c1-14(2)9-11-22-19(27)10-12-25-16(4)24-20-18(21(25)28)13-23-26(20)17-7-5-15(3)6-8-17/h5-8,13-14H,9-12H2,1-4H3,(H,22,27). The molecular weight excluding hydrogens is 354 g/mol. The zero-order valence-corrected chi connectivity index (χ0v) is 16.9. The molecule has 1 N–H and O–H groups in total. The van der Waals surface area contributed by atoms with E-state index >= 15 is 0 Å². The summed E-state index contributed by atoms with van der Waals surface area (Å²) in [7, 11) is 0. The largest absolute Gasteiger partial charge is 0.356 e. The number of nitrogens with zero attached hydrogens (tertiary/aromatic N) is 4. The summed E-state index contributed by atoms with van der Waals surface area (Å²) in [5, 5.41) is 7.70. The van der Waals surface area contributed by atoms with Gasteiger partial charge in [-0.3, -0.25) is 14.2 Å². The molecule has 2 aromatic heterocycles. The van der Waals surface area contributed by atoms with Crippen molar-refractivity contribution in [3.05, 3.63) is 52.2 Å². The lowest BCUT2D eigenvalue weighted by atomic mass is 10.1. The van der Waals surface area contributed by atoms with E-state index in [4.69, 9.17) is 0 Å². The van der Waals surface area contributed by atoms with Gasteiger partial charge in [0.15, 0.2) is 5.65 Å². The van der Waals surface area contributed by atoms with Gasteiger partial charge < -0.3 is 5.32 Å². The average molecular weight is 381 g/mol. The highest BCUT2D eigenvalue weighted by molar-refractivity contribution is 5.76. The predicted octanol–water partition coefficient (Wildman–Crippen LogP) is 2.75. The summed E-state index contributed by atoms with van der Waals surface area (Å²) in [6.45, 7) is 9.00. The van der Waals surface area contributed by atoms with Crippen molar-refractivity contribution in [2.45, 2.75) is 47.1 Å². The van der Waals surface area contributed by atoms with E-state index in [0.717, 1.165) is 17.7 Å². The summed E-state index contributed by atoms with van der Waals surface area (Å²) in [6, 6.07) is 7.89. The maximum atomic E-state index is 12.9. The first-order valence-electron chi connectivity index (χ1n) is 9.65. The summed E-state index contributed by atoms with van der Waals surface area (Å²) >= 11 is 0. The molecular formula is C21H27N5O2. The molecule has 148 valence electrons. The molecule has 1 aromatic carbocycles. The number of amides is 1. The molecule has 0 saturated heterocycles. The highest BCUT2D eigenvalue weighted by Gasteiger charge is 2.15. The molecule has 3 aromatic rings. The van der Waals surface area contributed by atoms with E-state index in [2.05, 4.69) is 29.2 Å². The minimum atomic E-state index is -0.171. The normalized spacial score (nSPS) is 11.3. The second-order valence-electron chi connectivity index (χ2n) is 7.53. The van der Waals surface area contributed by atoms with Crippen molar-refractivity contribution in [2.24, 2.45) is 5.92 Å². The third-order valence-electron chi connectivity index (χ3n) is 4.76. The van der Waals surface area contributed by atoms with Crippen molar-refractivity contribution >= 4 is 16.9 Å². The van der Waals surface area contributed by atoms with Crippen LogP contribution >= 0.6 is 0 Å². The monoisotopic (exact) mass is 381 g/mol. The van der Waals surface area contributed by atoms with Gasteiger partial charge in [-0.25, -0.2) is 9.67 Å². The van der Waals surface area contributed by atoms with Gasteiger partial charge in [0, 0.05) is 19.5 Å². The second-order valence-corrected chi connectivity index (χ2v) is 7.53. The Bertz CT molecular complexity index is 1030. The van der Waals surface area contributed by atoms with E-state index < -0.39 is 0 Å². The van der Waals surface area contributed by atoms with Crippen molar-refractivity contribution in [3.8, 4) is 5.69 Å². The van der Waals surface area contributed by atoms with Crippen LogP contribution in [0.2, 0.25) is 0 Å². The third-order valence-corrected chi connectivity index (χ3v) is 4.76. The van der Waals surface area contributed by atoms with Gasteiger partial charge in [-0.15, -0.1) is 0 Å². The van der Waals surface area contributed by atoms with E-state index in [1.807, 2.05) is 31.2 Å². The van der Waals surface area contributed by atoms with Crippen LogP contribution in [-0.2, 0) is 11.3 Å². The quantitative estimate of drug-likeness (QED) is 0.682. The summed E-state index contributed by atoms with van der Waals surface area (Å²) in [6.07, 6.45) is 2.73. The fourth-order valence-corrected chi connectivity index (χ4v) is 3.05. The highest BCUT2D eigenvalue weighted by Crippen LogP contribution is 2.15. The molecule has 0 fully saturated rings. The van der Waals surface area contributed by atoms with Gasteiger partial charge >= 0.3 is 0 Å². The molecule has 0 spiro atoms. The molecule has 7 heteroatoms. The van der Waals surface area contributed by atoms with Crippen molar-refractivity contribution in [1.29, 1.82) is 0 Å². The first kappa shape index (κ1) is 19.8. The molecule has 7 nitrogen and oxygen atoms in total. The van der Waals surface area contributed by atoms with Gasteiger partial charge in [-0.1, -0.05) is 31.5 Å². The number of hydrogen-bond acceptors (Lipinski definition) is 4. The number of rotatable bonds is 7. The van der Waals surface area contributed by atoms with E-state index in [-0.39, 0.29) is 17.9 Å². The molecule has 3 rings (SSSR count). The maximum absolute atomic E-state index is 12.9. The SMILES string of the molecule is Cc1ccc(-n2ncc3c(=O)n(CCC(=O)NCCC(C)C)c(C)nc32)cc1. The zero-order valence-electron chi connectivity index (χ0n) is 16.9. The van der Waals surface area contributed by atoms with Crippen molar-refractivity contribution in [1.82, 2.24) is 24.6 Å². The lowest BCUT2D eigenvalue weighted by Gasteiger charge is -2.11. The molecule has 0 bridgehead atoms. The smallest absolute Gasteiger partial charge is 0.264 e. The van der Waals surface area contributed by atoms with Gasteiger partial charge in [0.25, 0.3) is 5.56 Å². The number of hydrogen-bond donors (Lipinski definition) is 1. The average Bonchev–Trinajstić information content (AvgIpc) is 3.05. The first-order valence-corrected chi connectivity index (χ1v) is 9.65. The van der Waals surface area contributed by atoms with Crippen molar-refractivity contribution < 1.29 is 4.79 Å². The van der Waals surface area contributed by atoms with Crippen LogP contribution in [0.1, 0.15) is 38.1 Å². The van der Waals surface area contributed by atoms with Crippen LogP contribution in [0.3, 0.4) is 0 Å². The van der Waals surface area contributed by atoms with Crippen LogP contribution in [0.15, 0.2) is 35.3 Å². The topological polar surface area (TPSA) is 81.8 Å². The Morgan fingerprint density at radius 1 is 1.18 bits per heavy atom. The number of aryl methyl sites for hydroxylation is 2. The number of fused-ring (bicyclic) bond motifs is 1. The third kappa shape index (κ3) is 4.30. The number of carbonyl (C=O) groups excluding carboxylic acids is 1. The molecule has 0 aliphatic rings. The van der Waals surface area contributed by atoms with Crippen LogP contribution in [-0.4, -0.2) is 31.8 Å². The molecule has 0 aliphatic heterocycles. The molecule has 28 heavy (non-hydrogen) atoms. The summed E-state index contributed by atoms with van der Waals surface area (Å²) in [5.74, 6) is 1.06. The number of nitrogens with one attached hydrogen (secondary N) is 1. The summed E-state index contributed by atoms with van der Waals surface area (Å²) in [5.41, 5.74) is 2.37. The molecule has 0 aliphatic carbocycles. The fraction of sp³-hybridized carbons (Fsp3) is 0.429. The Morgan fingerprint density at radius 3 is 2.57 bits per heavy atom. The van der Waals surface area contributed by atoms with E-state index in [1.54, 1.807) is 22.4 Å². The van der Waals surface area contributed by atoms with Gasteiger partial charge in [-0.2, -0.15) is 5.10 Å². The number of aromatic nitrogens is 4. The Hall–Kier alpha value is -2.96. The Kier molecular flexibility index (Phi) is 5.92. The Balaban J connectivity index is 1.81. The molecule has 0 unspecified atom stereocenters. The van der Waals surface area contributed by atoms with Crippen molar-refractivity contribution in [2.75, 3.05) is 6.54 Å². The lowest BCUT2D eigenvalue weighted by molar-refractivity contribution is -0.121. The first-order chi connectivity index (χ1) is 13.4. The predicted molar refractivity (Wildman–Crippen MR) is 110 cm³/mol. The number of carbonyl (C=O) groups is 1. The fourth-order valence-electron chi connectivity index (χ4n) is 3.05. The van der Waals surface area contributed by atoms with Gasteiger partial charge in [0.2, 0.25) is 5.91 Å². The number of benzene rings is 1. The maximum Gasteiger partial charge on any atom is 0.264 e. The highest BCUT2D eigenvalue weighted by atomic mass is 16.1. The Labute approximate surface area is 164 Å². The molecule has 0 atom stereocenters. The van der Waals surface area contributed by atoms with Crippen LogP contribution in [0.25, 0.3) is 16.7 Å². The van der Waals surface area contributed by atoms with Gasteiger partial charge in [0.05, 0.1) is 11.9 Å². The van der Waals surface area contributed by atoms with Crippen LogP contribution in [0.5, 0.6) is 0 Å². The van der Waals surface area contributed by atoms with Crippen molar-refractivity contribution in [3.63, 3.8) is 0 Å². The lowest BCUT2D eigenvalue weighted by Crippen LogP contribution is -2.30. The van der Waals surface area contributed by atoms with E-state index in [9.17, 15) is 9.59 Å². The molecule has 0 saturated carbocycles. The molecule has 0 radical (unpaired) electrons. The molecule has 1 amide bonds. The Morgan fingerprint density at radius 2 is 1.89 bits per heavy atom. The second kappa shape index (κ2) is 8.37. The minimum Gasteiger partial charge on any atom is -0.356 e. The molecule has 2 heterocycles. The minimum absolute atomic E-state index is 0.0533. The van der Waals surface area contributed by atoms with Crippen LogP contribution in [0, 0.1) is 19.8 Å².